The molecule has 0 aromatic heterocycles. The van der Waals surface area contributed by atoms with Crippen LogP contribution in [0.3, 0.4) is 0 Å². The minimum Gasteiger partial charge on any atom is -0.486 e. The summed E-state index contributed by atoms with van der Waals surface area (Å²) in [5, 5.41) is 0. The fraction of sp³-hybridized carbons (Fsp3) is 0.533. The van der Waals surface area contributed by atoms with Crippen LogP contribution in [0.5, 0.6) is 11.5 Å². The van der Waals surface area contributed by atoms with E-state index in [1.165, 1.54) is 0 Å². The zero-order valence-corrected chi connectivity index (χ0v) is 12.6. The first-order valence-electron chi connectivity index (χ1n) is 7.25. The van der Waals surface area contributed by atoms with Crippen molar-refractivity contribution in [3.8, 4) is 11.5 Å². The molecule has 1 saturated heterocycles. The van der Waals surface area contributed by atoms with Gasteiger partial charge in [-0.3, -0.25) is 9.69 Å². The summed E-state index contributed by atoms with van der Waals surface area (Å²) in [5.41, 5.74) is 0.657. The maximum absolute atomic E-state index is 12.5. The monoisotopic (exact) mass is 310 g/mol. The molecule has 1 fully saturated rings. The highest BCUT2D eigenvalue weighted by molar-refractivity contribution is 6.18. The maximum atomic E-state index is 12.5. The summed E-state index contributed by atoms with van der Waals surface area (Å²) in [6.07, 6.45) is 0. The Kier molecular flexibility index (Phi) is 4.51. The second-order valence-electron chi connectivity index (χ2n) is 5.18. The van der Waals surface area contributed by atoms with Crippen LogP contribution in [-0.4, -0.2) is 67.5 Å². The lowest BCUT2D eigenvalue weighted by molar-refractivity contribution is 0.0643. The SMILES string of the molecule is O=C(c1ccc2c(c1)OCCO2)N1CCN(CCCl)CC1. The van der Waals surface area contributed by atoms with Gasteiger partial charge in [-0.2, -0.15) is 0 Å². The molecule has 1 aromatic rings. The van der Waals surface area contributed by atoms with Crippen molar-refractivity contribution >= 4 is 17.5 Å². The molecule has 0 atom stereocenters. The molecular weight excluding hydrogens is 292 g/mol. The molecule has 0 N–H and O–H groups in total. The van der Waals surface area contributed by atoms with Gasteiger partial charge in [-0.25, -0.2) is 0 Å². The first-order valence-corrected chi connectivity index (χ1v) is 7.78. The largest absolute Gasteiger partial charge is 0.486 e. The first-order chi connectivity index (χ1) is 10.3. The van der Waals surface area contributed by atoms with Gasteiger partial charge in [-0.1, -0.05) is 0 Å². The number of fused-ring (bicyclic) bond motifs is 1. The van der Waals surface area contributed by atoms with Gasteiger partial charge in [0.05, 0.1) is 0 Å². The Morgan fingerprint density at radius 3 is 2.52 bits per heavy atom. The summed E-state index contributed by atoms with van der Waals surface area (Å²) in [6, 6.07) is 5.40. The van der Waals surface area contributed by atoms with Crippen molar-refractivity contribution in [2.24, 2.45) is 0 Å². The number of ether oxygens (including phenoxy) is 2. The molecule has 1 amide bonds. The Morgan fingerprint density at radius 1 is 1.10 bits per heavy atom. The van der Waals surface area contributed by atoms with E-state index < -0.39 is 0 Å². The van der Waals surface area contributed by atoms with E-state index in [9.17, 15) is 4.79 Å². The van der Waals surface area contributed by atoms with Gasteiger partial charge < -0.3 is 14.4 Å². The van der Waals surface area contributed by atoms with Crippen molar-refractivity contribution in [3.05, 3.63) is 23.8 Å². The van der Waals surface area contributed by atoms with Gasteiger partial charge in [0, 0.05) is 44.2 Å². The van der Waals surface area contributed by atoms with Crippen LogP contribution in [0.4, 0.5) is 0 Å². The molecule has 5 nitrogen and oxygen atoms in total. The average Bonchev–Trinajstić information content (AvgIpc) is 2.55. The van der Waals surface area contributed by atoms with Crippen molar-refractivity contribution in [1.82, 2.24) is 9.80 Å². The van der Waals surface area contributed by atoms with Gasteiger partial charge >= 0.3 is 0 Å². The van der Waals surface area contributed by atoms with Crippen LogP contribution in [0.2, 0.25) is 0 Å². The fourth-order valence-electron chi connectivity index (χ4n) is 2.65. The molecule has 114 valence electrons. The zero-order chi connectivity index (χ0) is 14.7. The maximum Gasteiger partial charge on any atom is 0.254 e. The molecule has 3 rings (SSSR count). The Morgan fingerprint density at radius 2 is 1.81 bits per heavy atom. The van der Waals surface area contributed by atoms with Crippen molar-refractivity contribution in [1.29, 1.82) is 0 Å². The lowest BCUT2D eigenvalue weighted by Crippen LogP contribution is -2.49. The summed E-state index contributed by atoms with van der Waals surface area (Å²) >= 11 is 5.75. The number of benzene rings is 1. The van der Waals surface area contributed by atoms with Crippen LogP contribution in [0.25, 0.3) is 0 Å². The van der Waals surface area contributed by atoms with Gasteiger partial charge in [-0.15, -0.1) is 11.6 Å². The topological polar surface area (TPSA) is 42.0 Å². The number of carbonyl (C=O) groups is 1. The molecule has 0 bridgehead atoms. The number of halogens is 1. The number of piperazine rings is 1. The highest BCUT2D eigenvalue weighted by atomic mass is 35.5. The van der Waals surface area contributed by atoms with E-state index in [-0.39, 0.29) is 5.91 Å². The third kappa shape index (κ3) is 3.24. The Labute approximate surface area is 129 Å². The van der Waals surface area contributed by atoms with Gasteiger partial charge in [0.1, 0.15) is 13.2 Å². The molecule has 0 radical (unpaired) electrons. The predicted octanol–water partition coefficient (Wildman–Crippen LogP) is 1.45. The van der Waals surface area contributed by atoms with Crippen molar-refractivity contribution < 1.29 is 14.3 Å². The van der Waals surface area contributed by atoms with Crippen LogP contribution in [0.15, 0.2) is 18.2 Å². The number of carbonyl (C=O) groups excluding carboxylic acids is 1. The Bertz CT molecular complexity index is 516. The third-order valence-corrected chi connectivity index (χ3v) is 4.02. The Hall–Kier alpha value is -1.46. The molecule has 21 heavy (non-hydrogen) atoms. The summed E-state index contributed by atoms with van der Waals surface area (Å²) in [5.74, 6) is 2.06. The molecule has 1 aromatic carbocycles. The van der Waals surface area contributed by atoms with E-state index in [0.29, 0.717) is 36.2 Å². The van der Waals surface area contributed by atoms with Gasteiger partial charge in [0.2, 0.25) is 0 Å². The zero-order valence-electron chi connectivity index (χ0n) is 11.9. The number of rotatable bonds is 3. The van der Waals surface area contributed by atoms with Crippen LogP contribution in [0, 0.1) is 0 Å². The standard InChI is InChI=1S/C15H19ClN2O3/c16-3-4-17-5-7-18(8-6-17)15(19)12-1-2-13-14(11-12)21-10-9-20-13/h1-2,11H,3-10H2. The normalized spacial score (nSPS) is 18.6. The molecule has 0 spiro atoms. The number of alkyl halides is 1. The second kappa shape index (κ2) is 6.54. The average molecular weight is 311 g/mol. The third-order valence-electron chi connectivity index (χ3n) is 3.85. The number of amides is 1. The smallest absolute Gasteiger partial charge is 0.254 e. The van der Waals surface area contributed by atoms with Gasteiger partial charge in [0.25, 0.3) is 5.91 Å². The van der Waals surface area contributed by atoms with Crippen molar-refractivity contribution in [2.45, 2.75) is 0 Å². The van der Waals surface area contributed by atoms with Crippen LogP contribution in [0.1, 0.15) is 10.4 Å². The minimum atomic E-state index is 0.0532. The van der Waals surface area contributed by atoms with E-state index in [1.54, 1.807) is 12.1 Å². The van der Waals surface area contributed by atoms with E-state index in [4.69, 9.17) is 21.1 Å². The number of hydrogen-bond acceptors (Lipinski definition) is 4. The molecule has 6 heteroatoms. The lowest BCUT2D eigenvalue weighted by Gasteiger charge is -2.34. The van der Waals surface area contributed by atoms with Gasteiger partial charge in [0.15, 0.2) is 11.5 Å². The summed E-state index contributed by atoms with van der Waals surface area (Å²) in [4.78, 5) is 16.7. The van der Waals surface area contributed by atoms with Crippen LogP contribution < -0.4 is 9.47 Å². The molecule has 2 aliphatic rings. The molecule has 2 aliphatic heterocycles. The first kappa shape index (κ1) is 14.5. The molecule has 0 unspecified atom stereocenters. The highest BCUT2D eigenvalue weighted by Gasteiger charge is 2.23. The summed E-state index contributed by atoms with van der Waals surface area (Å²) in [6.45, 7) is 5.21. The molecule has 0 aliphatic carbocycles. The fourth-order valence-corrected chi connectivity index (χ4v) is 2.89. The van der Waals surface area contributed by atoms with E-state index in [2.05, 4.69) is 4.90 Å². The highest BCUT2D eigenvalue weighted by Crippen LogP contribution is 2.31. The minimum absolute atomic E-state index is 0.0532. The predicted molar refractivity (Wildman–Crippen MR) is 80.5 cm³/mol. The van der Waals surface area contributed by atoms with Crippen LogP contribution >= 0.6 is 11.6 Å². The van der Waals surface area contributed by atoms with Crippen molar-refractivity contribution in [3.63, 3.8) is 0 Å². The molecule has 2 heterocycles. The second-order valence-corrected chi connectivity index (χ2v) is 5.56. The molecule has 0 saturated carbocycles. The Balaban J connectivity index is 1.66. The quantitative estimate of drug-likeness (QED) is 0.793. The summed E-state index contributed by atoms with van der Waals surface area (Å²) in [7, 11) is 0. The summed E-state index contributed by atoms with van der Waals surface area (Å²) < 4.78 is 11.0. The van der Waals surface area contributed by atoms with Gasteiger partial charge in [-0.05, 0) is 18.2 Å². The van der Waals surface area contributed by atoms with E-state index in [0.717, 1.165) is 32.7 Å². The van der Waals surface area contributed by atoms with E-state index >= 15 is 0 Å². The number of hydrogen-bond donors (Lipinski definition) is 0. The lowest BCUT2D eigenvalue weighted by atomic mass is 10.1. The van der Waals surface area contributed by atoms with E-state index in [1.807, 2.05) is 11.0 Å². The van der Waals surface area contributed by atoms with Crippen LogP contribution in [-0.2, 0) is 0 Å². The van der Waals surface area contributed by atoms with Crippen molar-refractivity contribution in [2.75, 3.05) is 51.8 Å². The number of nitrogens with zero attached hydrogens (tertiary/aromatic N) is 2. The molecular formula is C15H19ClN2O3.